The van der Waals surface area contributed by atoms with Crippen LogP contribution in [0.15, 0.2) is 42.5 Å². The molecule has 0 amide bonds. The first kappa shape index (κ1) is 10.4. The number of allylic oxidation sites excluding steroid dienone is 1. The Bertz CT molecular complexity index is 315. The molecule has 0 unspecified atom stereocenters. The van der Waals surface area contributed by atoms with Crippen molar-refractivity contribution in [1.82, 2.24) is 4.90 Å². The lowest BCUT2D eigenvalue weighted by Crippen LogP contribution is -2.22. The minimum atomic E-state index is 0.675. The predicted molar refractivity (Wildman–Crippen MR) is 64.9 cm³/mol. The number of hydrogen-bond acceptors (Lipinski definition) is 1. The maximum atomic E-state index is 2.43. The zero-order valence-corrected chi connectivity index (χ0v) is 9.39. The van der Waals surface area contributed by atoms with Crippen LogP contribution in [0.5, 0.6) is 0 Å². The second-order valence-corrected chi connectivity index (χ2v) is 4.31. The van der Waals surface area contributed by atoms with E-state index in [9.17, 15) is 0 Å². The molecule has 1 aromatic rings. The van der Waals surface area contributed by atoms with E-state index in [2.05, 4.69) is 54.4 Å². The van der Waals surface area contributed by atoms with Crippen LogP contribution in [0.25, 0.3) is 0 Å². The van der Waals surface area contributed by atoms with Gasteiger partial charge in [-0.15, -0.1) is 0 Å². The number of likely N-dealkylation sites (tertiary alicyclic amines) is 1. The zero-order valence-electron chi connectivity index (χ0n) is 9.39. The fourth-order valence-electron chi connectivity index (χ4n) is 2.15. The van der Waals surface area contributed by atoms with E-state index in [0.717, 1.165) is 6.42 Å². The van der Waals surface area contributed by atoms with Gasteiger partial charge in [-0.3, -0.25) is 4.90 Å². The molecule has 15 heavy (non-hydrogen) atoms. The summed E-state index contributed by atoms with van der Waals surface area (Å²) in [5.74, 6) is 0. The highest BCUT2D eigenvalue weighted by molar-refractivity contribution is 5.18. The molecule has 0 N–H and O–H groups in total. The van der Waals surface area contributed by atoms with Crippen molar-refractivity contribution in [2.45, 2.75) is 25.3 Å². The zero-order chi connectivity index (χ0) is 10.5. The van der Waals surface area contributed by atoms with Crippen LogP contribution in [0.2, 0.25) is 0 Å². The smallest absolute Gasteiger partial charge is 0.0275 e. The van der Waals surface area contributed by atoms with E-state index < -0.39 is 0 Å². The van der Waals surface area contributed by atoms with Crippen molar-refractivity contribution in [3.05, 3.63) is 48.0 Å². The van der Waals surface area contributed by atoms with E-state index in [1.807, 2.05) is 0 Å². The Hall–Kier alpha value is -1.08. The highest BCUT2D eigenvalue weighted by atomic mass is 15.1. The van der Waals surface area contributed by atoms with E-state index >= 15 is 0 Å². The molecule has 1 heteroatoms. The Kier molecular flexibility index (Phi) is 3.57. The monoisotopic (exact) mass is 201 g/mol. The number of rotatable bonds is 3. The number of hydrogen-bond donors (Lipinski definition) is 0. The van der Waals surface area contributed by atoms with Crippen molar-refractivity contribution in [1.29, 1.82) is 0 Å². The summed E-state index contributed by atoms with van der Waals surface area (Å²) < 4.78 is 0. The molecule has 1 aliphatic rings. The van der Waals surface area contributed by atoms with Gasteiger partial charge < -0.3 is 0 Å². The molecule has 0 aromatic heterocycles. The molecule has 0 aliphatic carbocycles. The first-order valence-corrected chi connectivity index (χ1v) is 5.77. The van der Waals surface area contributed by atoms with Crippen molar-refractivity contribution >= 4 is 0 Å². The standard InChI is InChI=1S/C14H19N/c1-15-12-6-11-14(15)10-5-9-13-7-3-2-4-8-13/h2-5,7-8,10,14H,6,9,11-12H2,1H3/b10-5+/t14-/m1/s1. The van der Waals surface area contributed by atoms with Crippen molar-refractivity contribution in [2.24, 2.45) is 0 Å². The van der Waals surface area contributed by atoms with Crippen molar-refractivity contribution in [3.63, 3.8) is 0 Å². The van der Waals surface area contributed by atoms with E-state index in [-0.39, 0.29) is 0 Å². The van der Waals surface area contributed by atoms with Crippen LogP contribution in [0.3, 0.4) is 0 Å². The molecule has 2 rings (SSSR count). The van der Waals surface area contributed by atoms with Crippen LogP contribution in [0.1, 0.15) is 18.4 Å². The topological polar surface area (TPSA) is 3.24 Å². The highest BCUT2D eigenvalue weighted by Crippen LogP contribution is 2.15. The minimum Gasteiger partial charge on any atom is -0.300 e. The molecule has 1 heterocycles. The van der Waals surface area contributed by atoms with Gasteiger partial charge in [-0.2, -0.15) is 0 Å². The molecule has 1 aromatic carbocycles. The van der Waals surface area contributed by atoms with Crippen molar-refractivity contribution in [3.8, 4) is 0 Å². The van der Waals surface area contributed by atoms with Crippen LogP contribution >= 0.6 is 0 Å². The van der Waals surface area contributed by atoms with Crippen molar-refractivity contribution < 1.29 is 0 Å². The van der Waals surface area contributed by atoms with Crippen LogP contribution in [-0.4, -0.2) is 24.5 Å². The van der Waals surface area contributed by atoms with Gasteiger partial charge in [0.1, 0.15) is 0 Å². The first-order chi connectivity index (χ1) is 7.36. The molecule has 0 spiro atoms. The molecule has 1 aliphatic heterocycles. The van der Waals surface area contributed by atoms with Gasteiger partial charge in [-0.1, -0.05) is 42.5 Å². The van der Waals surface area contributed by atoms with E-state index in [1.165, 1.54) is 24.9 Å². The molecule has 1 nitrogen and oxygen atoms in total. The van der Waals surface area contributed by atoms with Gasteiger partial charge in [0.25, 0.3) is 0 Å². The third-order valence-electron chi connectivity index (χ3n) is 3.13. The summed E-state index contributed by atoms with van der Waals surface area (Å²) in [5.41, 5.74) is 1.40. The quantitative estimate of drug-likeness (QED) is 0.680. The number of benzene rings is 1. The summed E-state index contributed by atoms with van der Waals surface area (Å²) in [5, 5.41) is 0. The normalized spacial score (nSPS) is 22.6. The van der Waals surface area contributed by atoms with Crippen LogP contribution in [-0.2, 0) is 6.42 Å². The highest BCUT2D eigenvalue weighted by Gasteiger charge is 2.16. The molecule has 0 radical (unpaired) electrons. The molecule has 0 saturated carbocycles. The summed E-state index contributed by atoms with van der Waals surface area (Å²) >= 11 is 0. The SMILES string of the molecule is CN1CCC[C@H]1/C=C/Cc1ccccc1. The summed E-state index contributed by atoms with van der Waals surface area (Å²) in [7, 11) is 2.21. The number of nitrogens with zero attached hydrogens (tertiary/aromatic N) is 1. The second-order valence-electron chi connectivity index (χ2n) is 4.31. The summed E-state index contributed by atoms with van der Waals surface area (Å²) in [6.45, 7) is 1.25. The lowest BCUT2D eigenvalue weighted by atomic mass is 10.1. The van der Waals surface area contributed by atoms with Gasteiger partial charge >= 0.3 is 0 Å². The molecule has 1 atom stereocenters. The van der Waals surface area contributed by atoms with Crippen LogP contribution in [0.4, 0.5) is 0 Å². The third kappa shape index (κ3) is 2.93. The lowest BCUT2D eigenvalue weighted by molar-refractivity contribution is 0.357. The van der Waals surface area contributed by atoms with Crippen LogP contribution < -0.4 is 0 Å². The van der Waals surface area contributed by atoms with Gasteiger partial charge in [-0.05, 0) is 38.4 Å². The van der Waals surface area contributed by atoms with Gasteiger partial charge in [0.2, 0.25) is 0 Å². The molecule has 1 fully saturated rings. The van der Waals surface area contributed by atoms with E-state index in [0.29, 0.717) is 6.04 Å². The predicted octanol–water partition coefficient (Wildman–Crippen LogP) is 2.88. The van der Waals surface area contributed by atoms with Crippen LogP contribution in [0, 0.1) is 0 Å². The van der Waals surface area contributed by atoms with E-state index in [1.54, 1.807) is 0 Å². The van der Waals surface area contributed by atoms with E-state index in [4.69, 9.17) is 0 Å². The Morgan fingerprint density at radius 1 is 1.33 bits per heavy atom. The first-order valence-electron chi connectivity index (χ1n) is 5.77. The Morgan fingerprint density at radius 3 is 2.80 bits per heavy atom. The molecular formula is C14H19N. The van der Waals surface area contributed by atoms with Crippen molar-refractivity contribution in [2.75, 3.05) is 13.6 Å². The largest absolute Gasteiger partial charge is 0.300 e. The minimum absolute atomic E-state index is 0.675. The molecule has 1 saturated heterocycles. The second kappa shape index (κ2) is 5.13. The Labute approximate surface area is 92.4 Å². The van der Waals surface area contributed by atoms with Gasteiger partial charge in [-0.25, -0.2) is 0 Å². The Morgan fingerprint density at radius 2 is 2.13 bits per heavy atom. The van der Waals surface area contributed by atoms with Gasteiger partial charge in [0.15, 0.2) is 0 Å². The van der Waals surface area contributed by atoms with Gasteiger partial charge in [0, 0.05) is 6.04 Å². The third-order valence-corrected chi connectivity index (χ3v) is 3.13. The summed E-state index contributed by atoms with van der Waals surface area (Å²) in [6.07, 6.45) is 8.39. The molecule has 0 bridgehead atoms. The lowest BCUT2D eigenvalue weighted by Gasteiger charge is -2.14. The maximum Gasteiger partial charge on any atom is 0.0275 e. The average molecular weight is 201 g/mol. The Balaban J connectivity index is 1.85. The summed E-state index contributed by atoms with van der Waals surface area (Å²) in [4.78, 5) is 2.43. The number of likely N-dealkylation sites (N-methyl/N-ethyl adjacent to an activating group) is 1. The molecule has 80 valence electrons. The fourth-order valence-corrected chi connectivity index (χ4v) is 2.15. The maximum absolute atomic E-state index is 2.43. The van der Waals surface area contributed by atoms with Gasteiger partial charge in [0.05, 0.1) is 0 Å². The molecular weight excluding hydrogens is 182 g/mol. The summed E-state index contributed by atoms with van der Waals surface area (Å²) in [6, 6.07) is 11.3. The average Bonchev–Trinajstić information content (AvgIpc) is 2.66. The fraction of sp³-hybridized carbons (Fsp3) is 0.429.